The van der Waals surface area contributed by atoms with Gasteiger partial charge in [-0.05, 0) is 31.5 Å². The van der Waals surface area contributed by atoms with E-state index in [4.69, 9.17) is 0 Å². The highest BCUT2D eigenvalue weighted by Crippen LogP contribution is 2.24. The smallest absolute Gasteiger partial charge is 0.259 e. The van der Waals surface area contributed by atoms with Crippen LogP contribution in [-0.4, -0.2) is 27.4 Å². The molecule has 21 heavy (non-hydrogen) atoms. The van der Waals surface area contributed by atoms with Gasteiger partial charge in [-0.3, -0.25) is 9.59 Å². The van der Waals surface area contributed by atoms with Gasteiger partial charge in [-0.1, -0.05) is 12.1 Å². The molecule has 2 aromatic rings. The molecule has 0 bridgehead atoms. The standard InChI is InChI=1S/C16H18N2O3/c1-3-18(11(2)12-5-4-6-13(19)9-12)16(21)14-10-17-8-7-15(14)20/h4-11,19H,3H2,1-2H3,(H,17,20). The Labute approximate surface area is 122 Å². The van der Waals surface area contributed by atoms with Gasteiger partial charge in [0.05, 0.1) is 6.04 Å². The van der Waals surface area contributed by atoms with E-state index in [2.05, 4.69) is 4.98 Å². The molecule has 0 aliphatic heterocycles. The number of nitrogens with one attached hydrogen (secondary N) is 1. The van der Waals surface area contributed by atoms with E-state index in [1.54, 1.807) is 23.1 Å². The quantitative estimate of drug-likeness (QED) is 0.905. The summed E-state index contributed by atoms with van der Waals surface area (Å²) in [6.07, 6.45) is 2.91. The first-order chi connectivity index (χ1) is 10.0. The molecule has 0 aliphatic rings. The Balaban J connectivity index is 2.33. The third-order valence-corrected chi connectivity index (χ3v) is 3.48. The van der Waals surface area contributed by atoms with Gasteiger partial charge < -0.3 is 15.0 Å². The molecule has 0 spiro atoms. The summed E-state index contributed by atoms with van der Waals surface area (Å²) in [5.41, 5.74) is 0.629. The van der Waals surface area contributed by atoms with Crippen LogP contribution in [0.1, 0.15) is 35.8 Å². The minimum atomic E-state index is -0.324. The van der Waals surface area contributed by atoms with E-state index in [1.165, 1.54) is 18.5 Å². The molecule has 1 heterocycles. The monoisotopic (exact) mass is 286 g/mol. The number of hydrogen-bond acceptors (Lipinski definition) is 3. The summed E-state index contributed by atoms with van der Waals surface area (Å²) in [6, 6.07) is 7.87. The average Bonchev–Trinajstić information content (AvgIpc) is 2.48. The van der Waals surface area contributed by atoms with Crippen molar-refractivity contribution < 1.29 is 9.90 Å². The second-order valence-electron chi connectivity index (χ2n) is 4.78. The number of carbonyl (C=O) groups excluding carboxylic acids is 1. The Bertz CT molecular complexity index is 694. The fourth-order valence-corrected chi connectivity index (χ4v) is 2.30. The van der Waals surface area contributed by atoms with Crippen LogP contribution in [0.3, 0.4) is 0 Å². The van der Waals surface area contributed by atoms with E-state index in [9.17, 15) is 14.7 Å². The van der Waals surface area contributed by atoms with Crippen LogP contribution in [-0.2, 0) is 0 Å². The predicted octanol–water partition coefficient (Wildman–Crippen LogP) is 2.30. The van der Waals surface area contributed by atoms with Gasteiger partial charge in [0.2, 0.25) is 0 Å². The third kappa shape index (κ3) is 3.13. The van der Waals surface area contributed by atoms with Crippen LogP contribution in [0.15, 0.2) is 47.5 Å². The maximum Gasteiger partial charge on any atom is 0.259 e. The Kier molecular flexibility index (Phi) is 4.42. The van der Waals surface area contributed by atoms with Crippen molar-refractivity contribution in [2.24, 2.45) is 0 Å². The molecule has 2 N–H and O–H groups in total. The van der Waals surface area contributed by atoms with Crippen LogP contribution in [0.4, 0.5) is 0 Å². The van der Waals surface area contributed by atoms with Crippen molar-refractivity contribution >= 4 is 5.91 Å². The largest absolute Gasteiger partial charge is 0.508 e. The van der Waals surface area contributed by atoms with E-state index in [1.807, 2.05) is 19.9 Å². The van der Waals surface area contributed by atoms with Crippen molar-refractivity contribution in [2.75, 3.05) is 6.54 Å². The second-order valence-corrected chi connectivity index (χ2v) is 4.78. The Morgan fingerprint density at radius 2 is 2.14 bits per heavy atom. The van der Waals surface area contributed by atoms with Crippen molar-refractivity contribution in [1.29, 1.82) is 0 Å². The molecule has 2 rings (SSSR count). The molecule has 0 saturated heterocycles. The molecule has 1 aromatic carbocycles. The molecule has 1 atom stereocenters. The van der Waals surface area contributed by atoms with E-state index in [0.717, 1.165) is 5.56 Å². The average molecular weight is 286 g/mol. The molecular formula is C16H18N2O3. The van der Waals surface area contributed by atoms with Gasteiger partial charge in [0, 0.05) is 25.0 Å². The van der Waals surface area contributed by atoms with Gasteiger partial charge in [0.15, 0.2) is 5.43 Å². The number of aromatic amines is 1. The molecule has 0 fully saturated rings. The van der Waals surface area contributed by atoms with Crippen molar-refractivity contribution in [3.05, 3.63) is 64.1 Å². The fraction of sp³-hybridized carbons (Fsp3) is 0.250. The number of benzene rings is 1. The number of nitrogens with zero attached hydrogens (tertiary/aromatic N) is 1. The number of aromatic hydroxyl groups is 1. The summed E-state index contributed by atoms with van der Waals surface area (Å²) in [4.78, 5) is 28.7. The van der Waals surface area contributed by atoms with Crippen LogP contribution in [0.25, 0.3) is 0 Å². The lowest BCUT2D eigenvalue weighted by Gasteiger charge is -2.28. The molecule has 5 nitrogen and oxygen atoms in total. The van der Waals surface area contributed by atoms with Crippen molar-refractivity contribution in [3.63, 3.8) is 0 Å². The Hall–Kier alpha value is -2.56. The zero-order chi connectivity index (χ0) is 15.4. The maximum atomic E-state index is 12.5. The second kappa shape index (κ2) is 6.26. The van der Waals surface area contributed by atoms with Crippen LogP contribution >= 0.6 is 0 Å². The zero-order valence-electron chi connectivity index (χ0n) is 12.0. The van der Waals surface area contributed by atoms with E-state index >= 15 is 0 Å². The number of hydrogen-bond donors (Lipinski definition) is 2. The van der Waals surface area contributed by atoms with Gasteiger partial charge in [-0.25, -0.2) is 0 Å². The summed E-state index contributed by atoms with van der Waals surface area (Å²) in [6.45, 7) is 4.19. The highest BCUT2D eigenvalue weighted by molar-refractivity contribution is 5.94. The molecule has 110 valence electrons. The summed E-state index contributed by atoms with van der Waals surface area (Å²) in [5.74, 6) is -0.171. The molecule has 0 aliphatic carbocycles. The minimum Gasteiger partial charge on any atom is -0.508 e. The number of carbonyl (C=O) groups is 1. The molecule has 1 amide bonds. The SMILES string of the molecule is CCN(C(=O)c1c[nH]ccc1=O)C(C)c1cccc(O)c1. The molecular weight excluding hydrogens is 268 g/mol. The normalized spacial score (nSPS) is 11.9. The molecule has 0 saturated carbocycles. The number of phenols is 1. The van der Waals surface area contributed by atoms with Gasteiger partial charge >= 0.3 is 0 Å². The lowest BCUT2D eigenvalue weighted by molar-refractivity contribution is 0.0700. The van der Waals surface area contributed by atoms with Crippen LogP contribution in [0.5, 0.6) is 5.75 Å². The number of aromatic nitrogens is 1. The van der Waals surface area contributed by atoms with Gasteiger partial charge in [0.1, 0.15) is 11.3 Å². The zero-order valence-corrected chi connectivity index (χ0v) is 12.0. The summed E-state index contributed by atoms with van der Waals surface area (Å²) >= 11 is 0. The third-order valence-electron chi connectivity index (χ3n) is 3.48. The number of amides is 1. The highest BCUT2D eigenvalue weighted by atomic mass is 16.3. The summed E-state index contributed by atoms with van der Waals surface area (Å²) < 4.78 is 0. The fourth-order valence-electron chi connectivity index (χ4n) is 2.30. The van der Waals surface area contributed by atoms with Crippen LogP contribution in [0.2, 0.25) is 0 Å². The predicted molar refractivity (Wildman–Crippen MR) is 80.3 cm³/mol. The Morgan fingerprint density at radius 3 is 2.76 bits per heavy atom. The van der Waals surface area contributed by atoms with Crippen molar-refractivity contribution in [3.8, 4) is 5.75 Å². The van der Waals surface area contributed by atoms with Crippen molar-refractivity contribution in [1.82, 2.24) is 9.88 Å². The number of rotatable bonds is 4. The first kappa shape index (κ1) is 14.8. The van der Waals surface area contributed by atoms with E-state index in [0.29, 0.717) is 6.54 Å². The topological polar surface area (TPSA) is 73.4 Å². The van der Waals surface area contributed by atoms with E-state index < -0.39 is 0 Å². The van der Waals surface area contributed by atoms with Crippen LogP contribution < -0.4 is 5.43 Å². The lowest BCUT2D eigenvalue weighted by atomic mass is 10.1. The van der Waals surface area contributed by atoms with Gasteiger partial charge in [-0.15, -0.1) is 0 Å². The van der Waals surface area contributed by atoms with Gasteiger partial charge in [-0.2, -0.15) is 0 Å². The molecule has 1 aromatic heterocycles. The van der Waals surface area contributed by atoms with Gasteiger partial charge in [0.25, 0.3) is 5.91 Å². The lowest BCUT2D eigenvalue weighted by Crippen LogP contribution is -2.36. The first-order valence-corrected chi connectivity index (χ1v) is 6.81. The summed E-state index contributed by atoms with van der Waals surface area (Å²) in [7, 11) is 0. The minimum absolute atomic E-state index is 0.117. The molecule has 5 heteroatoms. The van der Waals surface area contributed by atoms with E-state index in [-0.39, 0.29) is 28.7 Å². The maximum absolute atomic E-state index is 12.5. The highest BCUT2D eigenvalue weighted by Gasteiger charge is 2.23. The van der Waals surface area contributed by atoms with Crippen molar-refractivity contribution in [2.45, 2.75) is 19.9 Å². The van der Waals surface area contributed by atoms with Crippen LogP contribution in [0, 0.1) is 0 Å². The number of phenolic OH excluding ortho intramolecular Hbond substituents is 1. The number of H-pyrrole nitrogens is 1. The molecule has 1 unspecified atom stereocenters. The Morgan fingerprint density at radius 1 is 1.38 bits per heavy atom. The number of pyridine rings is 1. The first-order valence-electron chi connectivity index (χ1n) is 6.81. The molecule has 0 radical (unpaired) electrons. The summed E-state index contributed by atoms with van der Waals surface area (Å²) in [5, 5.41) is 9.56.